The summed E-state index contributed by atoms with van der Waals surface area (Å²) in [6.07, 6.45) is 0.545. The Bertz CT molecular complexity index is 837. The highest BCUT2D eigenvalue weighted by atomic mass is 16.6. The molecular formula is C22H27NO7. The van der Waals surface area contributed by atoms with Gasteiger partial charge in [0.15, 0.2) is 0 Å². The number of carbonyl (C=O) groups is 2. The summed E-state index contributed by atoms with van der Waals surface area (Å²) in [5, 5.41) is 4.57. The lowest BCUT2D eigenvalue weighted by atomic mass is 10.1. The molecule has 0 spiro atoms. The highest BCUT2D eigenvalue weighted by Crippen LogP contribution is 2.25. The fourth-order valence-electron chi connectivity index (χ4n) is 2.47. The van der Waals surface area contributed by atoms with Crippen molar-refractivity contribution >= 4 is 22.8 Å². The highest BCUT2D eigenvalue weighted by Gasteiger charge is 2.05. The molecule has 1 amide bonds. The summed E-state index contributed by atoms with van der Waals surface area (Å²) in [6, 6.07) is 11.1. The van der Waals surface area contributed by atoms with E-state index in [-0.39, 0.29) is 13.2 Å². The standard InChI is InChI=1S/C22H27NO7/c1-3-21(24)29-14-13-27-12-11-26-10-9-23-22(25)30-20-8-6-17-15-19(28-4-2)7-5-18(17)16-20/h3,5-8,15-16H,1,4,9-14H2,2H3,(H,23,25). The van der Waals surface area contributed by atoms with Crippen LogP contribution in [0.1, 0.15) is 6.92 Å². The zero-order chi connectivity index (χ0) is 21.6. The average Bonchev–Trinajstić information content (AvgIpc) is 2.75. The van der Waals surface area contributed by atoms with Gasteiger partial charge in [0, 0.05) is 12.6 Å². The second-order valence-electron chi connectivity index (χ2n) is 6.02. The maximum atomic E-state index is 11.9. The molecular weight excluding hydrogens is 390 g/mol. The molecule has 2 rings (SSSR count). The van der Waals surface area contributed by atoms with Crippen LogP contribution in [0.3, 0.4) is 0 Å². The normalized spacial score (nSPS) is 10.4. The number of benzene rings is 2. The molecule has 8 heteroatoms. The molecule has 0 fully saturated rings. The monoisotopic (exact) mass is 417 g/mol. The number of amides is 1. The van der Waals surface area contributed by atoms with Crippen LogP contribution < -0.4 is 14.8 Å². The van der Waals surface area contributed by atoms with Crippen LogP contribution >= 0.6 is 0 Å². The van der Waals surface area contributed by atoms with Crippen molar-refractivity contribution in [3.05, 3.63) is 49.1 Å². The molecule has 0 radical (unpaired) electrons. The first-order valence-corrected chi connectivity index (χ1v) is 9.69. The number of ether oxygens (including phenoxy) is 5. The lowest BCUT2D eigenvalue weighted by Gasteiger charge is -2.09. The van der Waals surface area contributed by atoms with Gasteiger partial charge in [-0.05, 0) is 42.0 Å². The number of carbonyl (C=O) groups excluding carboxylic acids is 2. The largest absolute Gasteiger partial charge is 0.494 e. The summed E-state index contributed by atoms with van der Waals surface area (Å²) in [6.45, 7) is 7.64. The van der Waals surface area contributed by atoms with E-state index in [9.17, 15) is 9.59 Å². The van der Waals surface area contributed by atoms with E-state index in [1.807, 2.05) is 31.2 Å². The van der Waals surface area contributed by atoms with Gasteiger partial charge in [0.2, 0.25) is 0 Å². The van der Waals surface area contributed by atoms with E-state index in [0.717, 1.165) is 22.6 Å². The summed E-state index contributed by atoms with van der Waals surface area (Å²) in [4.78, 5) is 22.7. The molecule has 0 unspecified atom stereocenters. The highest BCUT2D eigenvalue weighted by molar-refractivity contribution is 5.86. The van der Waals surface area contributed by atoms with Crippen molar-refractivity contribution in [2.75, 3.05) is 46.2 Å². The van der Waals surface area contributed by atoms with Gasteiger partial charge in [0.05, 0.1) is 33.0 Å². The fraction of sp³-hybridized carbons (Fsp3) is 0.364. The first-order chi connectivity index (χ1) is 14.6. The van der Waals surface area contributed by atoms with Crippen molar-refractivity contribution in [2.45, 2.75) is 6.92 Å². The predicted molar refractivity (Wildman–Crippen MR) is 112 cm³/mol. The molecule has 0 aliphatic heterocycles. The van der Waals surface area contributed by atoms with Crippen LogP contribution in [0.4, 0.5) is 4.79 Å². The minimum Gasteiger partial charge on any atom is -0.494 e. The Morgan fingerprint density at radius 2 is 1.57 bits per heavy atom. The Hall–Kier alpha value is -3.10. The van der Waals surface area contributed by atoms with E-state index < -0.39 is 12.1 Å². The van der Waals surface area contributed by atoms with Gasteiger partial charge in [-0.15, -0.1) is 0 Å². The van der Waals surface area contributed by atoms with Crippen molar-refractivity contribution in [3.63, 3.8) is 0 Å². The molecule has 8 nitrogen and oxygen atoms in total. The van der Waals surface area contributed by atoms with Crippen molar-refractivity contribution in [3.8, 4) is 11.5 Å². The van der Waals surface area contributed by atoms with Gasteiger partial charge in [0.25, 0.3) is 0 Å². The van der Waals surface area contributed by atoms with Crippen LogP contribution in [0.2, 0.25) is 0 Å². The molecule has 0 atom stereocenters. The van der Waals surface area contributed by atoms with Crippen molar-refractivity contribution < 1.29 is 33.3 Å². The molecule has 0 aromatic heterocycles. The Morgan fingerprint density at radius 3 is 2.27 bits per heavy atom. The molecule has 0 bridgehead atoms. The molecule has 30 heavy (non-hydrogen) atoms. The average molecular weight is 417 g/mol. The molecule has 0 saturated heterocycles. The third-order valence-electron chi connectivity index (χ3n) is 3.83. The number of rotatable bonds is 13. The third-order valence-corrected chi connectivity index (χ3v) is 3.83. The van der Waals surface area contributed by atoms with Crippen LogP contribution in [0, 0.1) is 0 Å². The number of nitrogens with one attached hydrogen (secondary N) is 1. The zero-order valence-electron chi connectivity index (χ0n) is 17.1. The SMILES string of the molecule is C=CC(=O)OCCOCCOCCNC(=O)Oc1ccc2cc(OCC)ccc2c1. The van der Waals surface area contributed by atoms with E-state index in [4.69, 9.17) is 23.7 Å². The van der Waals surface area contributed by atoms with E-state index in [0.29, 0.717) is 38.7 Å². The summed E-state index contributed by atoms with van der Waals surface area (Å²) >= 11 is 0. The van der Waals surface area contributed by atoms with Gasteiger partial charge >= 0.3 is 12.1 Å². The van der Waals surface area contributed by atoms with Gasteiger partial charge in [-0.3, -0.25) is 0 Å². The smallest absolute Gasteiger partial charge is 0.412 e. The van der Waals surface area contributed by atoms with Gasteiger partial charge in [-0.2, -0.15) is 0 Å². The molecule has 0 aliphatic carbocycles. The zero-order valence-corrected chi connectivity index (χ0v) is 17.1. The first-order valence-electron chi connectivity index (χ1n) is 9.69. The summed E-state index contributed by atoms with van der Waals surface area (Å²) in [5.41, 5.74) is 0. The second kappa shape index (κ2) is 13.2. The predicted octanol–water partition coefficient (Wildman–Crippen LogP) is 3.09. The number of hydrogen-bond donors (Lipinski definition) is 1. The Kier molecular flexibility index (Phi) is 10.2. The van der Waals surface area contributed by atoms with E-state index in [1.54, 1.807) is 12.1 Å². The van der Waals surface area contributed by atoms with E-state index in [2.05, 4.69) is 11.9 Å². The molecule has 0 aliphatic rings. The minimum atomic E-state index is -0.552. The maximum absolute atomic E-state index is 11.9. The molecule has 2 aromatic rings. The van der Waals surface area contributed by atoms with Crippen molar-refractivity contribution in [1.29, 1.82) is 0 Å². The topological polar surface area (TPSA) is 92.3 Å². The molecule has 1 N–H and O–H groups in total. The van der Waals surface area contributed by atoms with Crippen LogP contribution in [0.25, 0.3) is 10.8 Å². The molecule has 2 aromatic carbocycles. The van der Waals surface area contributed by atoms with Gasteiger partial charge in [-0.25, -0.2) is 9.59 Å². The first kappa shape index (κ1) is 23.2. The summed E-state index contributed by atoms with van der Waals surface area (Å²) in [5.74, 6) is 0.779. The molecule has 162 valence electrons. The Labute approximate surface area is 175 Å². The van der Waals surface area contributed by atoms with Crippen LogP contribution in [-0.2, 0) is 19.0 Å². The van der Waals surface area contributed by atoms with Gasteiger partial charge in [0.1, 0.15) is 18.1 Å². The number of hydrogen-bond acceptors (Lipinski definition) is 7. The van der Waals surface area contributed by atoms with Crippen LogP contribution in [0.5, 0.6) is 11.5 Å². The minimum absolute atomic E-state index is 0.167. The van der Waals surface area contributed by atoms with E-state index >= 15 is 0 Å². The lowest BCUT2D eigenvalue weighted by Crippen LogP contribution is -2.30. The van der Waals surface area contributed by atoms with E-state index in [1.165, 1.54) is 0 Å². The number of esters is 1. The quantitative estimate of drug-likeness (QED) is 0.304. The van der Waals surface area contributed by atoms with Crippen LogP contribution in [0.15, 0.2) is 49.1 Å². The van der Waals surface area contributed by atoms with Crippen molar-refractivity contribution in [2.24, 2.45) is 0 Å². The Morgan fingerprint density at radius 1 is 0.933 bits per heavy atom. The number of fused-ring (bicyclic) bond motifs is 1. The molecule has 0 heterocycles. The second-order valence-corrected chi connectivity index (χ2v) is 6.02. The van der Waals surface area contributed by atoms with Gasteiger partial charge in [-0.1, -0.05) is 18.7 Å². The fourth-order valence-corrected chi connectivity index (χ4v) is 2.47. The third kappa shape index (κ3) is 8.50. The summed E-state index contributed by atoms with van der Waals surface area (Å²) < 4.78 is 26.1. The lowest BCUT2D eigenvalue weighted by molar-refractivity contribution is -0.139. The maximum Gasteiger partial charge on any atom is 0.412 e. The molecule has 0 saturated carbocycles. The Balaban J connectivity index is 1.58. The summed E-state index contributed by atoms with van der Waals surface area (Å²) in [7, 11) is 0. The van der Waals surface area contributed by atoms with Crippen molar-refractivity contribution in [1.82, 2.24) is 5.32 Å². The van der Waals surface area contributed by atoms with Crippen LogP contribution in [-0.4, -0.2) is 58.2 Å². The van der Waals surface area contributed by atoms with Gasteiger partial charge < -0.3 is 29.0 Å².